The van der Waals surface area contributed by atoms with Crippen LogP contribution in [0.5, 0.6) is 0 Å². The van der Waals surface area contributed by atoms with Gasteiger partial charge in [-0.25, -0.2) is 4.98 Å². The molecule has 0 fully saturated rings. The molecule has 2 heterocycles. The number of hydrogen-bond donors (Lipinski definition) is 2. The lowest BCUT2D eigenvalue weighted by Crippen LogP contribution is -2.27. The largest absolute Gasteiger partial charge is 0.361 e. The first kappa shape index (κ1) is 14.3. The maximum Gasteiger partial charge on any atom is 0.271 e. The van der Waals surface area contributed by atoms with Gasteiger partial charge in [-0.3, -0.25) is 4.79 Å². The minimum Gasteiger partial charge on any atom is -0.361 e. The van der Waals surface area contributed by atoms with Crippen molar-refractivity contribution in [2.45, 2.75) is 33.4 Å². The molecule has 3 N–H and O–H groups in total. The number of hydrogen-bond acceptors (Lipinski definition) is 5. The van der Waals surface area contributed by atoms with Gasteiger partial charge in [-0.1, -0.05) is 5.16 Å². The van der Waals surface area contributed by atoms with Crippen molar-refractivity contribution in [1.82, 2.24) is 20.0 Å². The van der Waals surface area contributed by atoms with Gasteiger partial charge in [0.15, 0.2) is 0 Å². The summed E-state index contributed by atoms with van der Waals surface area (Å²) < 4.78 is 6.89. The van der Waals surface area contributed by atoms with Crippen LogP contribution in [0.2, 0.25) is 0 Å². The Hall–Kier alpha value is -2.15. The maximum atomic E-state index is 12.1. The predicted octanol–water partition coefficient (Wildman–Crippen LogP) is 0.938. The lowest BCUT2D eigenvalue weighted by atomic mass is 10.1. The first-order valence-corrected chi connectivity index (χ1v) is 6.48. The normalized spacial score (nSPS) is 12.4. The average Bonchev–Trinajstić information content (AvgIpc) is 2.97. The molecular formula is C13H19N5O2. The van der Waals surface area contributed by atoms with Gasteiger partial charge in [0.05, 0.1) is 18.1 Å². The smallest absolute Gasteiger partial charge is 0.271 e. The van der Waals surface area contributed by atoms with E-state index in [4.69, 9.17) is 10.3 Å². The van der Waals surface area contributed by atoms with Gasteiger partial charge in [0.2, 0.25) is 0 Å². The van der Waals surface area contributed by atoms with Crippen molar-refractivity contribution in [3.63, 3.8) is 0 Å². The summed E-state index contributed by atoms with van der Waals surface area (Å²) >= 11 is 0. The molecule has 0 radical (unpaired) electrons. The number of aromatic nitrogens is 3. The number of carbonyl (C=O) groups is 1. The maximum absolute atomic E-state index is 12.1. The Bertz CT molecular complexity index is 582. The molecule has 2 aromatic rings. The van der Waals surface area contributed by atoms with Crippen LogP contribution in [0.25, 0.3) is 0 Å². The fraction of sp³-hybridized carbons (Fsp3) is 0.462. The number of nitrogens with one attached hydrogen (secondary N) is 1. The third kappa shape index (κ3) is 2.88. The zero-order chi connectivity index (χ0) is 14.7. The van der Waals surface area contributed by atoms with Crippen LogP contribution >= 0.6 is 0 Å². The molecule has 0 aliphatic carbocycles. The Morgan fingerprint density at radius 2 is 2.30 bits per heavy atom. The Labute approximate surface area is 117 Å². The van der Waals surface area contributed by atoms with E-state index in [9.17, 15) is 4.79 Å². The van der Waals surface area contributed by atoms with Gasteiger partial charge in [-0.2, -0.15) is 0 Å². The van der Waals surface area contributed by atoms with Crippen LogP contribution in [0.1, 0.15) is 40.5 Å². The van der Waals surface area contributed by atoms with E-state index in [1.54, 1.807) is 17.1 Å². The number of carbonyl (C=O) groups excluding carboxylic acids is 1. The fourth-order valence-corrected chi connectivity index (χ4v) is 2.20. The van der Waals surface area contributed by atoms with Crippen LogP contribution < -0.4 is 11.1 Å². The highest BCUT2D eigenvalue weighted by atomic mass is 16.5. The van der Waals surface area contributed by atoms with Crippen molar-refractivity contribution in [3.8, 4) is 0 Å². The van der Waals surface area contributed by atoms with Crippen molar-refractivity contribution >= 4 is 5.91 Å². The summed E-state index contributed by atoms with van der Waals surface area (Å²) in [7, 11) is 0. The molecule has 20 heavy (non-hydrogen) atoms. The number of aryl methyl sites for hydroxylation is 2. The third-order valence-corrected chi connectivity index (χ3v) is 3.12. The molecule has 7 heteroatoms. The van der Waals surface area contributed by atoms with Crippen molar-refractivity contribution < 1.29 is 9.32 Å². The highest BCUT2D eigenvalue weighted by Gasteiger charge is 2.19. The Morgan fingerprint density at radius 3 is 2.90 bits per heavy atom. The highest BCUT2D eigenvalue weighted by molar-refractivity contribution is 5.92. The molecule has 0 aliphatic heterocycles. The molecule has 1 unspecified atom stereocenters. The van der Waals surface area contributed by atoms with E-state index in [1.807, 2.05) is 20.8 Å². The van der Waals surface area contributed by atoms with E-state index in [0.29, 0.717) is 24.5 Å². The average molecular weight is 277 g/mol. The quantitative estimate of drug-likeness (QED) is 0.847. The summed E-state index contributed by atoms with van der Waals surface area (Å²) in [6, 6.07) is -0.187. The molecule has 1 atom stereocenters. The molecule has 0 saturated heterocycles. The number of imidazole rings is 1. The minimum atomic E-state index is -0.228. The topological polar surface area (TPSA) is 99.0 Å². The van der Waals surface area contributed by atoms with Gasteiger partial charge in [0.25, 0.3) is 5.91 Å². The number of nitrogens with zero attached hydrogens (tertiary/aromatic N) is 3. The molecule has 0 bridgehead atoms. The molecule has 108 valence electrons. The zero-order valence-electron chi connectivity index (χ0n) is 11.9. The Balaban J connectivity index is 2.07. The summed E-state index contributed by atoms with van der Waals surface area (Å²) in [6.07, 6.45) is 3.28. The van der Waals surface area contributed by atoms with Gasteiger partial charge < -0.3 is 20.1 Å². The van der Waals surface area contributed by atoms with Crippen molar-refractivity contribution in [2.75, 3.05) is 6.54 Å². The van der Waals surface area contributed by atoms with E-state index >= 15 is 0 Å². The summed E-state index contributed by atoms with van der Waals surface area (Å²) in [6.45, 7) is 6.71. The van der Waals surface area contributed by atoms with Crippen LogP contribution in [0.15, 0.2) is 17.0 Å². The van der Waals surface area contributed by atoms with Crippen LogP contribution in [-0.2, 0) is 6.54 Å². The standard InChI is InChI=1S/C13H19N5O2/c1-8(12-9(2)17-20-10(12)3)16-13(19)11-6-18(5-4-14)7-15-11/h6-8H,4-5,14H2,1-3H3,(H,16,19). The first-order valence-electron chi connectivity index (χ1n) is 6.48. The summed E-state index contributed by atoms with van der Waals surface area (Å²) in [5, 5.41) is 6.78. The van der Waals surface area contributed by atoms with Gasteiger partial charge >= 0.3 is 0 Å². The molecule has 2 rings (SSSR count). The molecule has 0 aliphatic rings. The SMILES string of the molecule is Cc1noc(C)c1C(C)NC(=O)c1cn(CCN)cn1. The molecule has 0 saturated carbocycles. The summed E-state index contributed by atoms with van der Waals surface area (Å²) in [4.78, 5) is 16.2. The van der Waals surface area contributed by atoms with Gasteiger partial charge in [-0.05, 0) is 20.8 Å². The zero-order valence-corrected chi connectivity index (χ0v) is 11.9. The Morgan fingerprint density at radius 1 is 1.55 bits per heavy atom. The second-order valence-electron chi connectivity index (χ2n) is 4.72. The molecule has 0 aromatic carbocycles. The molecule has 0 spiro atoms. The first-order chi connectivity index (χ1) is 9.52. The van der Waals surface area contributed by atoms with Crippen molar-refractivity contribution in [3.05, 3.63) is 35.2 Å². The monoisotopic (exact) mass is 277 g/mol. The van der Waals surface area contributed by atoms with E-state index < -0.39 is 0 Å². The Kier molecular flexibility index (Phi) is 4.19. The van der Waals surface area contributed by atoms with Crippen molar-refractivity contribution in [2.24, 2.45) is 5.73 Å². The molecule has 1 amide bonds. The minimum absolute atomic E-state index is 0.187. The van der Waals surface area contributed by atoms with Gasteiger partial charge in [-0.15, -0.1) is 0 Å². The molecule has 2 aromatic heterocycles. The van der Waals surface area contributed by atoms with E-state index in [2.05, 4.69) is 15.5 Å². The molecular weight excluding hydrogens is 258 g/mol. The van der Waals surface area contributed by atoms with Crippen LogP contribution in [0.4, 0.5) is 0 Å². The summed E-state index contributed by atoms with van der Waals surface area (Å²) in [5.74, 6) is 0.484. The van der Waals surface area contributed by atoms with E-state index in [-0.39, 0.29) is 11.9 Å². The second-order valence-corrected chi connectivity index (χ2v) is 4.72. The number of amides is 1. The second kappa shape index (κ2) is 5.87. The van der Waals surface area contributed by atoms with Crippen LogP contribution in [0, 0.1) is 13.8 Å². The van der Waals surface area contributed by atoms with E-state index in [1.165, 1.54) is 0 Å². The van der Waals surface area contributed by atoms with Crippen LogP contribution in [-0.4, -0.2) is 27.2 Å². The lowest BCUT2D eigenvalue weighted by molar-refractivity contribution is 0.0935. The fourth-order valence-electron chi connectivity index (χ4n) is 2.20. The number of nitrogens with two attached hydrogens (primary N) is 1. The van der Waals surface area contributed by atoms with Crippen molar-refractivity contribution in [1.29, 1.82) is 0 Å². The van der Waals surface area contributed by atoms with E-state index in [0.717, 1.165) is 11.3 Å². The van der Waals surface area contributed by atoms with Gasteiger partial charge in [0.1, 0.15) is 11.5 Å². The highest BCUT2D eigenvalue weighted by Crippen LogP contribution is 2.21. The number of rotatable bonds is 5. The molecule has 7 nitrogen and oxygen atoms in total. The third-order valence-electron chi connectivity index (χ3n) is 3.12. The van der Waals surface area contributed by atoms with Gasteiger partial charge in [0, 0.05) is 24.8 Å². The lowest BCUT2D eigenvalue weighted by Gasteiger charge is -2.12. The summed E-state index contributed by atoms with van der Waals surface area (Å²) in [5.41, 5.74) is 7.51. The van der Waals surface area contributed by atoms with Crippen LogP contribution in [0.3, 0.4) is 0 Å². The predicted molar refractivity (Wildman–Crippen MR) is 73.1 cm³/mol.